The van der Waals surface area contributed by atoms with Gasteiger partial charge in [-0.05, 0) is 26.0 Å². The van der Waals surface area contributed by atoms with Crippen molar-refractivity contribution in [2.75, 3.05) is 0 Å². The standard InChI is InChI=1S/C11H10ClN3O/c1-7-11(12)8(2)15(14-7)10-4-3-5-13-9(10)6-16/h3-6H,1-2H3. The Bertz CT molecular complexity index is 548. The van der Waals surface area contributed by atoms with Crippen LogP contribution in [0.1, 0.15) is 21.9 Å². The lowest BCUT2D eigenvalue weighted by molar-refractivity contribution is 0.111. The zero-order valence-electron chi connectivity index (χ0n) is 8.94. The SMILES string of the molecule is Cc1nn(-c2cccnc2C=O)c(C)c1Cl. The Morgan fingerprint density at radius 1 is 1.44 bits per heavy atom. The summed E-state index contributed by atoms with van der Waals surface area (Å²) < 4.78 is 1.63. The number of carbonyl (C=O) groups is 1. The molecule has 2 aromatic rings. The van der Waals surface area contributed by atoms with Gasteiger partial charge in [-0.3, -0.25) is 9.78 Å². The number of rotatable bonds is 2. The molecule has 82 valence electrons. The molecule has 0 unspecified atom stereocenters. The van der Waals surface area contributed by atoms with E-state index < -0.39 is 0 Å². The molecule has 2 aromatic heterocycles. The van der Waals surface area contributed by atoms with Gasteiger partial charge in [0, 0.05) is 6.20 Å². The van der Waals surface area contributed by atoms with Crippen LogP contribution in [-0.2, 0) is 0 Å². The minimum absolute atomic E-state index is 0.352. The molecule has 4 nitrogen and oxygen atoms in total. The maximum absolute atomic E-state index is 10.9. The summed E-state index contributed by atoms with van der Waals surface area (Å²) in [4.78, 5) is 14.8. The second-order valence-corrected chi connectivity index (χ2v) is 3.80. The second kappa shape index (κ2) is 4.06. The Balaban J connectivity index is 2.67. The quantitative estimate of drug-likeness (QED) is 0.751. The number of halogens is 1. The molecule has 0 atom stereocenters. The largest absolute Gasteiger partial charge is 0.296 e. The van der Waals surface area contributed by atoms with E-state index in [1.54, 1.807) is 23.0 Å². The Kier molecular flexibility index (Phi) is 2.75. The van der Waals surface area contributed by atoms with Gasteiger partial charge >= 0.3 is 0 Å². The molecule has 16 heavy (non-hydrogen) atoms. The van der Waals surface area contributed by atoms with Gasteiger partial charge in [-0.15, -0.1) is 0 Å². The lowest BCUT2D eigenvalue weighted by Gasteiger charge is -2.05. The van der Waals surface area contributed by atoms with E-state index in [1.807, 2.05) is 13.8 Å². The molecular formula is C11H10ClN3O. The number of aldehydes is 1. The summed E-state index contributed by atoms with van der Waals surface area (Å²) >= 11 is 6.05. The van der Waals surface area contributed by atoms with E-state index in [1.165, 1.54) is 0 Å². The highest BCUT2D eigenvalue weighted by atomic mass is 35.5. The third kappa shape index (κ3) is 1.61. The third-order valence-corrected chi connectivity index (χ3v) is 2.91. The van der Waals surface area contributed by atoms with E-state index in [9.17, 15) is 4.79 Å². The number of nitrogens with zero attached hydrogens (tertiary/aromatic N) is 3. The normalized spacial score (nSPS) is 10.4. The molecule has 0 aliphatic carbocycles. The maximum atomic E-state index is 10.9. The van der Waals surface area contributed by atoms with E-state index in [2.05, 4.69) is 10.1 Å². The molecule has 5 heteroatoms. The summed E-state index contributed by atoms with van der Waals surface area (Å²) in [7, 11) is 0. The number of carbonyl (C=O) groups excluding carboxylic acids is 1. The van der Waals surface area contributed by atoms with Crippen LogP contribution in [0.5, 0.6) is 0 Å². The highest BCUT2D eigenvalue weighted by Gasteiger charge is 2.13. The molecule has 0 amide bonds. The molecule has 0 aliphatic heterocycles. The number of hydrogen-bond donors (Lipinski definition) is 0. The summed E-state index contributed by atoms with van der Waals surface area (Å²) in [5.74, 6) is 0. The molecule has 0 aromatic carbocycles. The van der Waals surface area contributed by atoms with Crippen molar-refractivity contribution in [1.29, 1.82) is 0 Å². The summed E-state index contributed by atoms with van der Waals surface area (Å²) in [6.07, 6.45) is 2.28. The van der Waals surface area contributed by atoms with Gasteiger partial charge in [0.1, 0.15) is 5.69 Å². The van der Waals surface area contributed by atoms with E-state index in [4.69, 9.17) is 11.6 Å². The lowest BCUT2D eigenvalue weighted by Crippen LogP contribution is -2.04. The van der Waals surface area contributed by atoms with Gasteiger partial charge in [0.25, 0.3) is 0 Å². The van der Waals surface area contributed by atoms with Crippen molar-refractivity contribution < 1.29 is 4.79 Å². The number of aryl methyl sites for hydroxylation is 1. The first-order chi connectivity index (χ1) is 7.65. The van der Waals surface area contributed by atoms with Crippen molar-refractivity contribution in [1.82, 2.24) is 14.8 Å². The maximum Gasteiger partial charge on any atom is 0.170 e. The summed E-state index contributed by atoms with van der Waals surface area (Å²) in [6, 6.07) is 3.54. The van der Waals surface area contributed by atoms with E-state index in [0.29, 0.717) is 22.7 Å². The molecule has 0 saturated heterocycles. The predicted octanol–water partition coefficient (Wildman–Crippen LogP) is 2.35. The van der Waals surface area contributed by atoms with Crippen LogP contribution in [0, 0.1) is 13.8 Å². The van der Waals surface area contributed by atoms with Gasteiger partial charge in [-0.25, -0.2) is 4.68 Å². The lowest BCUT2D eigenvalue weighted by atomic mass is 10.3. The smallest absolute Gasteiger partial charge is 0.170 e. The van der Waals surface area contributed by atoms with Crippen LogP contribution >= 0.6 is 11.6 Å². The zero-order chi connectivity index (χ0) is 11.7. The molecule has 0 N–H and O–H groups in total. The fourth-order valence-electron chi connectivity index (χ4n) is 1.54. The molecule has 0 aliphatic rings. The zero-order valence-corrected chi connectivity index (χ0v) is 9.69. The monoisotopic (exact) mass is 235 g/mol. The van der Waals surface area contributed by atoms with E-state index >= 15 is 0 Å². The van der Waals surface area contributed by atoms with Crippen molar-refractivity contribution in [3.05, 3.63) is 40.4 Å². The van der Waals surface area contributed by atoms with Crippen LogP contribution < -0.4 is 0 Å². The Morgan fingerprint density at radius 2 is 2.19 bits per heavy atom. The van der Waals surface area contributed by atoms with Crippen molar-refractivity contribution in [3.63, 3.8) is 0 Å². The summed E-state index contributed by atoms with van der Waals surface area (Å²) in [6.45, 7) is 3.67. The van der Waals surface area contributed by atoms with Crippen LogP contribution in [-0.4, -0.2) is 21.1 Å². The average Bonchev–Trinajstić information content (AvgIpc) is 2.57. The van der Waals surface area contributed by atoms with Crippen molar-refractivity contribution in [3.8, 4) is 5.69 Å². The van der Waals surface area contributed by atoms with Crippen LogP contribution in [0.25, 0.3) is 5.69 Å². The molecular weight excluding hydrogens is 226 g/mol. The Labute approximate surface area is 97.9 Å². The number of aromatic nitrogens is 3. The fourth-order valence-corrected chi connectivity index (χ4v) is 1.66. The third-order valence-electron chi connectivity index (χ3n) is 2.36. The molecule has 2 rings (SSSR count). The van der Waals surface area contributed by atoms with Crippen molar-refractivity contribution in [2.45, 2.75) is 13.8 Å². The topological polar surface area (TPSA) is 47.8 Å². The first kappa shape index (κ1) is 10.8. The van der Waals surface area contributed by atoms with Crippen LogP contribution in [0.2, 0.25) is 5.02 Å². The Hall–Kier alpha value is -1.68. The number of hydrogen-bond acceptors (Lipinski definition) is 3. The second-order valence-electron chi connectivity index (χ2n) is 3.42. The molecule has 2 heterocycles. The molecule has 0 bridgehead atoms. The number of pyridine rings is 1. The van der Waals surface area contributed by atoms with E-state index in [0.717, 1.165) is 11.4 Å². The van der Waals surface area contributed by atoms with Crippen molar-refractivity contribution in [2.24, 2.45) is 0 Å². The Morgan fingerprint density at radius 3 is 2.75 bits per heavy atom. The average molecular weight is 236 g/mol. The van der Waals surface area contributed by atoms with Gasteiger partial charge in [0.2, 0.25) is 0 Å². The predicted molar refractivity (Wildman–Crippen MR) is 61.2 cm³/mol. The van der Waals surface area contributed by atoms with Gasteiger partial charge in [-0.1, -0.05) is 11.6 Å². The highest BCUT2D eigenvalue weighted by molar-refractivity contribution is 6.31. The first-order valence-electron chi connectivity index (χ1n) is 4.77. The van der Waals surface area contributed by atoms with Gasteiger partial charge in [0.15, 0.2) is 6.29 Å². The molecule has 0 spiro atoms. The summed E-state index contributed by atoms with van der Waals surface area (Å²) in [5, 5.41) is 4.89. The minimum atomic E-state index is 0.352. The molecule has 0 fully saturated rings. The van der Waals surface area contributed by atoms with Gasteiger partial charge in [-0.2, -0.15) is 5.10 Å². The van der Waals surface area contributed by atoms with Crippen LogP contribution in [0.15, 0.2) is 18.3 Å². The molecule has 0 saturated carbocycles. The van der Waals surface area contributed by atoms with Crippen LogP contribution in [0.4, 0.5) is 0 Å². The van der Waals surface area contributed by atoms with Gasteiger partial charge < -0.3 is 0 Å². The first-order valence-corrected chi connectivity index (χ1v) is 5.15. The fraction of sp³-hybridized carbons (Fsp3) is 0.182. The van der Waals surface area contributed by atoms with Crippen molar-refractivity contribution >= 4 is 17.9 Å². The highest BCUT2D eigenvalue weighted by Crippen LogP contribution is 2.22. The van der Waals surface area contributed by atoms with E-state index in [-0.39, 0.29) is 0 Å². The summed E-state index contributed by atoms with van der Waals surface area (Å²) in [5.41, 5.74) is 2.53. The van der Waals surface area contributed by atoms with Gasteiger partial charge in [0.05, 0.1) is 22.1 Å². The molecule has 0 radical (unpaired) electrons. The minimum Gasteiger partial charge on any atom is -0.296 e. The van der Waals surface area contributed by atoms with Crippen LogP contribution in [0.3, 0.4) is 0 Å².